The van der Waals surface area contributed by atoms with E-state index in [1.54, 1.807) is 5.51 Å². The van der Waals surface area contributed by atoms with Gasteiger partial charge in [0.15, 0.2) is 0 Å². The minimum atomic E-state index is -0.841. The van der Waals surface area contributed by atoms with E-state index in [1.165, 1.54) is 17.1 Å². The third-order valence-electron chi connectivity index (χ3n) is 4.18. The zero-order chi connectivity index (χ0) is 15.6. The molecule has 0 spiro atoms. The molecule has 0 bridgehead atoms. The first kappa shape index (κ1) is 17.1. The molecule has 1 atom stereocenters. The number of thiazole rings is 1. The number of nitrogens with zero attached hydrogens (tertiary/aromatic N) is 2. The number of carbonyl (C=O) groups is 1. The highest BCUT2D eigenvalue weighted by Crippen LogP contribution is 2.39. The molecule has 0 radical (unpaired) electrons. The molecule has 2 aliphatic rings. The number of likely N-dealkylation sites (tertiary alicyclic amines) is 1. The fraction of sp³-hybridized carbons (Fsp3) is 0.714. The molecule has 2 saturated heterocycles. The average Bonchev–Trinajstić information content (AvgIpc) is 2.96. The Morgan fingerprint density at radius 1 is 1.45 bits per heavy atom. The lowest BCUT2D eigenvalue weighted by molar-refractivity contribution is -0.135. The summed E-state index contributed by atoms with van der Waals surface area (Å²) in [6.07, 6.45) is 1.82. The average molecular weight is 423 g/mol. The molecule has 3 heterocycles. The van der Waals surface area contributed by atoms with Gasteiger partial charge in [0.2, 0.25) is 5.91 Å². The molecule has 0 aromatic carbocycles. The zero-order valence-corrected chi connectivity index (χ0v) is 16.2. The van der Waals surface area contributed by atoms with Crippen LogP contribution in [-0.4, -0.2) is 56.5 Å². The number of amides is 1. The van der Waals surface area contributed by atoms with E-state index in [4.69, 9.17) is 0 Å². The molecule has 1 aromatic heterocycles. The van der Waals surface area contributed by atoms with Gasteiger partial charge in [-0.3, -0.25) is 4.79 Å². The minimum absolute atomic E-state index is 0.241. The molecule has 1 amide bonds. The quantitative estimate of drug-likeness (QED) is 0.810. The third-order valence-corrected chi connectivity index (χ3v) is 8.91. The summed E-state index contributed by atoms with van der Waals surface area (Å²) in [5.74, 6) is 3.69. The first-order valence-electron chi connectivity index (χ1n) is 7.37. The summed E-state index contributed by atoms with van der Waals surface area (Å²) in [5.41, 5.74) is 0.902. The second-order valence-electron chi connectivity index (χ2n) is 5.66. The van der Waals surface area contributed by atoms with E-state index < -0.39 is 5.60 Å². The van der Waals surface area contributed by atoms with Crippen molar-refractivity contribution in [2.75, 3.05) is 30.3 Å². The van der Waals surface area contributed by atoms with Crippen LogP contribution in [-0.2, 0) is 10.4 Å². The Kier molecular flexibility index (Phi) is 5.76. The Bertz CT molecular complexity index is 526. The van der Waals surface area contributed by atoms with E-state index in [2.05, 4.69) is 20.9 Å². The maximum Gasteiger partial charge on any atom is 0.223 e. The number of thioether (sulfide) groups is 2. The van der Waals surface area contributed by atoms with Crippen molar-refractivity contribution < 1.29 is 9.90 Å². The van der Waals surface area contributed by atoms with Crippen molar-refractivity contribution in [2.24, 2.45) is 0 Å². The molecule has 0 unspecified atom stereocenters. The van der Waals surface area contributed by atoms with Gasteiger partial charge in [0, 0.05) is 42.0 Å². The van der Waals surface area contributed by atoms with E-state index in [9.17, 15) is 9.90 Å². The smallest absolute Gasteiger partial charge is 0.223 e. The first-order valence-corrected chi connectivity index (χ1v) is 11.2. The van der Waals surface area contributed by atoms with Crippen molar-refractivity contribution in [3.63, 3.8) is 0 Å². The molecular formula is C14H19BrN2O2S3. The van der Waals surface area contributed by atoms with Gasteiger partial charge in [-0.05, 0) is 28.8 Å². The van der Waals surface area contributed by atoms with Crippen LogP contribution in [0.1, 0.15) is 24.1 Å². The van der Waals surface area contributed by atoms with Crippen molar-refractivity contribution in [1.82, 2.24) is 9.88 Å². The van der Waals surface area contributed by atoms with Crippen LogP contribution in [0.4, 0.5) is 0 Å². The van der Waals surface area contributed by atoms with Crippen LogP contribution in [0.25, 0.3) is 0 Å². The van der Waals surface area contributed by atoms with Gasteiger partial charge in [0.25, 0.3) is 0 Å². The van der Waals surface area contributed by atoms with Crippen molar-refractivity contribution in [1.29, 1.82) is 0 Å². The molecule has 0 aliphatic carbocycles. The predicted molar refractivity (Wildman–Crippen MR) is 97.7 cm³/mol. The van der Waals surface area contributed by atoms with Crippen LogP contribution in [0, 0.1) is 0 Å². The molecule has 8 heteroatoms. The monoisotopic (exact) mass is 422 g/mol. The second kappa shape index (κ2) is 7.42. The van der Waals surface area contributed by atoms with Crippen molar-refractivity contribution in [2.45, 2.75) is 30.1 Å². The van der Waals surface area contributed by atoms with Crippen LogP contribution in [0.2, 0.25) is 0 Å². The number of carbonyl (C=O) groups excluding carboxylic acids is 1. The Morgan fingerprint density at radius 2 is 2.23 bits per heavy atom. The number of aliphatic hydroxyl groups is 1. The van der Waals surface area contributed by atoms with Gasteiger partial charge in [0.05, 0.1) is 10.4 Å². The molecule has 2 aliphatic heterocycles. The molecule has 22 heavy (non-hydrogen) atoms. The van der Waals surface area contributed by atoms with E-state index in [0.29, 0.717) is 37.6 Å². The molecule has 1 aromatic rings. The summed E-state index contributed by atoms with van der Waals surface area (Å²) in [5, 5.41) is 11.3. The maximum atomic E-state index is 12.4. The van der Waals surface area contributed by atoms with Crippen LogP contribution in [0.5, 0.6) is 0 Å². The zero-order valence-electron chi connectivity index (χ0n) is 12.2. The topological polar surface area (TPSA) is 53.4 Å². The van der Waals surface area contributed by atoms with Gasteiger partial charge < -0.3 is 10.0 Å². The van der Waals surface area contributed by atoms with Crippen LogP contribution < -0.4 is 0 Å². The lowest BCUT2D eigenvalue weighted by atomic mass is 9.90. The number of aromatic nitrogens is 1. The summed E-state index contributed by atoms with van der Waals surface area (Å²) in [7, 11) is 0. The highest BCUT2D eigenvalue weighted by molar-refractivity contribution is 9.10. The fourth-order valence-corrected chi connectivity index (χ4v) is 7.26. The Hall–Kier alpha value is 0.240. The molecular weight excluding hydrogens is 404 g/mol. The largest absolute Gasteiger partial charge is 0.384 e. The lowest BCUT2D eigenvalue weighted by Crippen LogP contribution is -2.45. The summed E-state index contributed by atoms with van der Waals surface area (Å²) >= 11 is 8.75. The van der Waals surface area contributed by atoms with Crippen LogP contribution in [0.3, 0.4) is 0 Å². The number of halogens is 1. The summed E-state index contributed by atoms with van der Waals surface area (Å²) in [6, 6.07) is 0. The minimum Gasteiger partial charge on any atom is -0.384 e. The van der Waals surface area contributed by atoms with Crippen LogP contribution in [0.15, 0.2) is 10.1 Å². The number of hydrogen-bond donors (Lipinski definition) is 1. The maximum absolute atomic E-state index is 12.4. The standard InChI is InChI=1S/C14H19BrN2O2S3/c15-13-12(22-9-16-13)14(19)1-3-17(4-2-14)11(18)7-10-8-20-5-6-21-10/h9-10,19H,1-8H2/t10-/m0/s1. The molecule has 2 fully saturated rings. The number of rotatable bonds is 3. The Labute approximate surface area is 151 Å². The summed E-state index contributed by atoms with van der Waals surface area (Å²) in [6.45, 7) is 1.26. The third kappa shape index (κ3) is 3.83. The van der Waals surface area contributed by atoms with E-state index in [0.717, 1.165) is 21.0 Å². The van der Waals surface area contributed by atoms with Gasteiger partial charge in [0.1, 0.15) is 10.2 Å². The first-order chi connectivity index (χ1) is 10.6. The normalized spacial score (nSPS) is 25.2. The Morgan fingerprint density at radius 3 is 2.82 bits per heavy atom. The molecule has 0 saturated carbocycles. The van der Waals surface area contributed by atoms with Gasteiger partial charge in [-0.1, -0.05) is 0 Å². The summed E-state index contributed by atoms with van der Waals surface area (Å²) in [4.78, 5) is 19.4. The second-order valence-corrected chi connectivity index (χ2v) is 9.82. The highest BCUT2D eigenvalue weighted by atomic mass is 79.9. The number of hydrogen-bond acceptors (Lipinski definition) is 6. The number of piperidine rings is 1. The fourth-order valence-electron chi connectivity index (χ4n) is 2.87. The van der Waals surface area contributed by atoms with Gasteiger partial charge >= 0.3 is 0 Å². The van der Waals surface area contributed by atoms with Crippen molar-refractivity contribution >= 4 is 56.7 Å². The van der Waals surface area contributed by atoms with Crippen molar-refractivity contribution in [3.05, 3.63) is 15.0 Å². The lowest BCUT2D eigenvalue weighted by Gasteiger charge is -2.38. The molecule has 122 valence electrons. The Balaban J connectivity index is 1.55. The molecule has 4 nitrogen and oxygen atoms in total. The predicted octanol–water partition coefficient (Wildman–Crippen LogP) is 2.95. The van der Waals surface area contributed by atoms with Crippen molar-refractivity contribution in [3.8, 4) is 0 Å². The molecule has 1 N–H and O–H groups in total. The van der Waals surface area contributed by atoms with E-state index in [1.807, 2.05) is 28.4 Å². The van der Waals surface area contributed by atoms with Crippen LogP contribution >= 0.6 is 50.8 Å². The van der Waals surface area contributed by atoms with Gasteiger partial charge in [-0.25, -0.2) is 4.98 Å². The van der Waals surface area contributed by atoms with E-state index in [-0.39, 0.29) is 5.91 Å². The van der Waals surface area contributed by atoms with Gasteiger partial charge in [-0.15, -0.1) is 11.3 Å². The SMILES string of the molecule is O=C(C[C@H]1CSCCS1)N1CCC(O)(c2scnc2Br)CC1. The van der Waals surface area contributed by atoms with E-state index >= 15 is 0 Å². The highest BCUT2D eigenvalue weighted by Gasteiger charge is 2.38. The molecule has 3 rings (SSSR count). The van der Waals surface area contributed by atoms with Gasteiger partial charge in [-0.2, -0.15) is 23.5 Å². The summed E-state index contributed by atoms with van der Waals surface area (Å²) < 4.78 is 0.732.